The number of amides is 1. The number of carbonyl (C=O) groups is 1. The summed E-state index contributed by atoms with van der Waals surface area (Å²) < 4.78 is 5.04. The highest BCUT2D eigenvalue weighted by Crippen LogP contribution is 2.05. The van der Waals surface area contributed by atoms with E-state index in [2.05, 4.69) is 5.32 Å². The van der Waals surface area contributed by atoms with E-state index in [0.717, 1.165) is 0 Å². The normalized spacial score (nSPS) is 11.6. The van der Waals surface area contributed by atoms with Gasteiger partial charge in [-0.2, -0.15) is 5.06 Å². The van der Waals surface area contributed by atoms with Crippen molar-refractivity contribution < 1.29 is 14.4 Å². The smallest absolute Gasteiger partial charge is 0.407 e. The SMILES string of the molecule is CON(C)CCNC(=O)OC(C)(C)C. The number of nitrogens with one attached hydrogen (secondary N) is 1. The second-order valence-electron chi connectivity index (χ2n) is 3.96. The van der Waals surface area contributed by atoms with Crippen LogP contribution in [0, 0.1) is 0 Å². The van der Waals surface area contributed by atoms with Crippen LogP contribution in [-0.2, 0) is 9.57 Å². The summed E-state index contributed by atoms with van der Waals surface area (Å²) in [5, 5.41) is 4.24. The summed E-state index contributed by atoms with van der Waals surface area (Å²) >= 11 is 0. The highest BCUT2D eigenvalue weighted by atomic mass is 16.7. The molecule has 0 aliphatic heterocycles. The molecule has 0 aromatic carbocycles. The molecule has 0 bridgehead atoms. The lowest BCUT2D eigenvalue weighted by Crippen LogP contribution is -2.36. The van der Waals surface area contributed by atoms with E-state index in [1.165, 1.54) is 0 Å². The number of hydrogen-bond acceptors (Lipinski definition) is 4. The van der Waals surface area contributed by atoms with Crippen LogP contribution in [0.2, 0.25) is 0 Å². The van der Waals surface area contributed by atoms with Crippen LogP contribution in [0.15, 0.2) is 0 Å². The van der Waals surface area contributed by atoms with Gasteiger partial charge >= 0.3 is 6.09 Å². The maximum Gasteiger partial charge on any atom is 0.407 e. The second kappa shape index (κ2) is 5.82. The van der Waals surface area contributed by atoms with Crippen molar-refractivity contribution in [2.45, 2.75) is 26.4 Å². The maximum atomic E-state index is 11.1. The molecule has 0 radical (unpaired) electrons. The molecule has 0 heterocycles. The highest BCUT2D eigenvalue weighted by Gasteiger charge is 2.15. The molecule has 14 heavy (non-hydrogen) atoms. The molecule has 0 aromatic rings. The van der Waals surface area contributed by atoms with E-state index in [4.69, 9.17) is 9.57 Å². The lowest BCUT2D eigenvalue weighted by molar-refractivity contribution is -0.107. The average molecular weight is 204 g/mol. The van der Waals surface area contributed by atoms with Gasteiger partial charge in [0.2, 0.25) is 0 Å². The molecule has 5 heteroatoms. The topological polar surface area (TPSA) is 50.8 Å². The molecule has 0 aliphatic rings. The predicted octanol–water partition coefficient (Wildman–Crippen LogP) is 1.00. The number of hydroxylamine groups is 2. The van der Waals surface area contributed by atoms with E-state index in [9.17, 15) is 4.79 Å². The van der Waals surface area contributed by atoms with Gasteiger partial charge in [-0.15, -0.1) is 0 Å². The molecule has 0 unspecified atom stereocenters. The highest BCUT2D eigenvalue weighted by molar-refractivity contribution is 5.67. The Morgan fingerprint density at radius 1 is 1.43 bits per heavy atom. The van der Waals surface area contributed by atoms with Gasteiger partial charge in [0, 0.05) is 20.1 Å². The van der Waals surface area contributed by atoms with Crippen molar-refractivity contribution in [3.63, 3.8) is 0 Å². The zero-order chi connectivity index (χ0) is 11.2. The molecular formula is C9H20N2O3. The van der Waals surface area contributed by atoms with Crippen LogP contribution >= 0.6 is 0 Å². The third-order valence-corrected chi connectivity index (χ3v) is 1.41. The Hall–Kier alpha value is -0.810. The van der Waals surface area contributed by atoms with Gasteiger partial charge < -0.3 is 14.9 Å². The van der Waals surface area contributed by atoms with Gasteiger partial charge in [0.15, 0.2) is 0 Å². The Labute approximate surface area is 85.3 Å². The molecule has 0 spiro atoms. The van der Waals surface area contributed by atoms with Crippen molar-refractivity contribution in [2.75, 3.05) is 27.2 Å². The van der Waals surface area contributed by atoms with Crippen LogP contribution < -0.4 is 5.32 Å². The Morgan fingerprint density at radius 3 is 2.43 bits per heavy atom. The van der Waals surface area contributed by atoms with Crippen molar-refractivity contribution in [3.8, 4) is 0 Å². The largest absolute Gasteiger partial charge is 0.444 e. The molecular weight excluding hydrogens is 184 g/mol. The standard InChI is InChI=1S/C9H20N2O3/c1-9(2,3)14-8(12)10-6-7-11(4)13-5/h6-7H2,1-5H3,(H,10,12). The van der Waals surface area contributed by atoms with Crippen molar-refractivity contribution in [3.05, 3.63) is 0 Å². The molecule has 0 fully saturated rings. The number of ether oxygens (including phenoxy) is 1. The molecule has 0 aromatic heterocycles. The van der Waals surface area contributed by atoms with Gasteiger partial charge in [0.25, 0.3) is 0 Å². The van der Waals surface area contributed by atoms with Crippen molar-refractivity contribution in [2.24, 2.45) is 0 Å². The van der Waals surface area contributed by atoms with Crippen molar-refractivity contribution in [1.82, 2.24) is 10.4 Å². The lowest BCUT2D eigenvalue weighted by atomic mass is 10.2. The molecule has 0 rings (SSSR count). The van der Waals surface area contributed by atoms with Crippen LogP contribution in [0.25, 0.3) is 0 Å². The average Bonchev–Trinajstić information content (AvgIpc) is 2.00. The van der Waals surface area contributed by atoms with E-state index < -0.39 is 11.7 Å². The second-order valence-corrected chi connectivity index (χ2v) is 3.96. The number of alkyl carbamates (subject to hydrolysis) is 1. The summed E-state index contributed by atoms with van der Waals surface area (Å²) in [6.45, 7) is 6.60. The fraction of sp³-hybridized carbons (Fsp3) is 0.889. The number of nitrogens with zero attached hydrogens (tertiary/aromatic N) is 1. The van der Waals surface area contributed by atoms with E-state index in [-0.39, 0.29) is 0 Å². The van der Waals surface area contributed by atoms with E-state index in [1.807, 2.05) is 20.8 Å². The third kappa shape index (κ3) is 7.82. The first-order chi connectivity index (χ1) is 6.35. The number of hydrogen-bond donors (Lipinski definition) is 1. The Morgan fingerprint density at radius 2 is 2.00 bits per heavy atom. The molecule has 84 valence electrons. The summed E-state index contributed by atoms with van der Waals surface area (Å²) in [4.78, 5) is 16.0. The van der Waals surface area contributed by atoms with Crippen LogP contribution in [0.3, 0.4) is 0 Å². The third-order valence-electron chi connectivity index (χ3n) is 1.41. The summed E-state index contributed by atoms with van der Waals surface area (Å²) in [6.07, 6.45) is -0.401. The van der Waals surface area contributed by atoms with E-state index in [1.54, 1.807) is 19.2 Å². The number of carbonyl (C=O) groups excluding carboxylic acids is 1. The van der Waals surface area contributed by atoms with Gasteiger partial charge in [-0.3, -0.25) is 0 Å². The number of rotatable bonds is 4. The zero-order valence-corrected chi connectivity index (χ0v) is 9.59. The van der Waals surface area contributed by atoms with Gasteiger partial charge in [-0.1, -0.05) is 0 Å². The van der Waals surface area contributed by atoms with Gasteiger partial charge in [0.05, 0.1) is 7.11 Å². The molecule has 0 atom stereocenters. The summed E-state index contributed by atoms with van der Waals surface area (Å²) in [5.74, 6) is 0. The predicted molar refractivity (Wildman–Crippen MR) is 53.9 cm³/mol. The molecule has 1 amide bonds. The first-order valence-electron chi connectivity index (χ1n) is 4.57. The fourth-order valence-electron chi connectivity index (χ4n) is 0.721. The van der Waals surface area contributed by atoms with Gasteiger partial charge in [-0.05, 0) is 20.8 Å². The van der Waals surface area contributed by atoms with Gasteiger partial charge in [-0.25, -0.2) is 4.79 Å². The fourth-order valence-corrected chi connectivity index (χ4v) is 0.721. The first kappa shape index (κ1) is 13.2. The Bertz CT molecular complexity index is 177. The van der Waals surface area contributed by atoms with Crippen molar-refractivity contribution >= 4 is 6.09 Å². The molecule has 1 N–H and O–H groups in total. The van der Waals surface area contributed by atoms with E-state index >= 15 is 0 Å². The van der Waals surface area contributed by atoms with Gasteiger partial charge in [0.1, 0.15) is 5.60 Å². The quantitative estimate of drug-likeness (QED) is 0.694. The zero-order valence-electron chi connectivity index (χ0n) is 9.59. The maximum absolute atomic E-state index is 11.1. The molecule has 5 nitrogen and oxygen atoms in total. The lowest BCUT2D eigenvalue weighted by Gasteiger charge is -2.20. The van der Waals surface area contributed by atoms with Crippen LogP contribution in [0.4, 0.5) is 4.79 Å². The minimum atomic E-state index is -0.447. The van der Waals surface area contributed by atoms with E-state index in [0.29, 0.717) is 13.1 Å². The minimum absolute atomic E-state index is 0.401. The summed E-state index contributed by atoms with van der Waals surface area (Å²) in [5.41, 5.74) is -0.447. The minimum Gasteiger partial charge on any atom is -0.444 e. The van der Waals surface area contributed by atoms with Crippen LogP contribution in [0.1, 0.15) is 20.8 Å². The Kier molecular flexibility index (Phi) is 5.49. The van der Waals surface area contributed by atoms with Crippen molar-refractivity contribution in [1.29, 1.82) is 0 Å². The van der Waals surface area contributed by atoms with Crippen LogP contribution in [0.5, 0.6) is 0 Å². The molecule has 0 saturated carbocycles. The first-order valence-corrected chi connectivity index (χ1v) is 4.57. The molecule has 0 saturated heterocycles. The monoisotopic (exact) mass is 204 g/mol. The summed E-state index contributed by atoms with van der Waals surface area (Å²) in [7, 11) is 3.37. The summed E-state index contributed by atoms with van der Waals surface area (Å²) in [6, 6.07) is 0. The van der Waals surface area contributed by atoms with Crippen LogP contribution in [-0.4, -0.2) is 44.0 Å². The Balaban J connectivity index is 3.55. The molecule has 0 aliphatic carbocycles. The number of likely N-dealkylation sites (N-methyl/N-ethyl adjacent to an activating group) is 1.